The fourth-order valence-electron chi connectivity index (χ4n) is 3.21. The number of aliphatic hydroxyl groups excluding tert-OH is 1. The van der Waals surface area contributed by atoms with Gasteiger partial charge in [0.15, 0.2) is 0 Å². The van der Waals surface area contributed by atoms with Crippen LogP contribution in [0.25, 0.3) is 0 Å². The van der Waals surface area contributed by atoms with Crippen LogP contribution in [-0.4, -0.2) is 89.1 Å². The first-order chi connectivity index (χ1) is 20.0. The molecule has 12 nitrogen and oxygen atoms in total. The number of nitrogens with one attached hydrogen (secondary N) is 3. The second-order valence-corrected chi connectivity index (χ2v) is 11.3. The first-order valence-electron chi connectivity index (χ1n) is 13.2. The zero-order valence-corrected chi connectivity index (χ0v) is 24.9. The maximum absolute atomic E-state index is 12.9. The van der Waals surface area contributed by atoms with Crippen molar-refractivity contribution in [3.8, 4) is 0 Å². The van der Waals surface area contributed by atoms with E-state index in [9.17, 15) is 45.8 Å². The predicted octanol–water partition coefficient (Wildman–Crippen LogP) is 4.24. The van der Waals surface area contributed by atoms with Crippen molar-refractivity contribution in [3.05, 3.63) is 30.1 Å². The summed E-state index contributed by atoms with van der Waals surface area (Å²) in [6, 6.07) is 1.35. The van der Waals surface area contributed by atoms with Crippen LogP contribution in [0.5, 0.6) is 0 Å². The van der Waals surface area contributed by atoms with E-state index in [4.69, 9.17) is 9.47 Å². The lowest BCUT2D eigenvalue weighted by molar-refractivity contribution is -0.325. The molecule has 0 saturated carbocycles. The van der Waals surface area contributed by atoms with Gasteiger partial charge < -0.3 is 30.0 Å². The van der Waals surface area contributed by atoms with Gasteiger partial charge in [-0.3, -0.25) is 15.1 Å². The number of ether oxygens (including phenoxy) is 3. The van der Waals surface area contributed by atoms with E-state index in [1.165, 1.54) is 18.3 Å². The fraction of sp³-hybridized carbons (Fsp3) is 0.654. The summed E-state index contributed by atoms with van der Waals surface area (Å²) in [5.74, 6) is -1.22. The summed E-state index contributed by atoms with van der Waals surface area (Å²) in [6.07, 6.45) is -17.6. The molecule has 3 amide bonds. The molecule has 0 aliphatic heterocycles. The van der Waals surface area contributed by atoms with Crippen LogP contribution >= 0.6 is 0 Å². The molecule has 0 radical (unpaired) electrons. The molecular formula is C26H37F6N5O7. The lowest BCUT2D eigenvalue weighted by Gasteiger charge is -2.28. The van der Waals surface area contributed by atoms with Gasteiger partial charge in [0.2, 0.25) is 12.1 Å². The van der Waals surface area contributed by atoms with Gasteiger partial charge in [0.1, 0.15) is 11.2 Å². The maximum atomic E-state index is 12.9. The van der Waals surface area contributed by atoms with E-state index in [2.05, 4.69) is 30.7 Å². The van der Waals surface area contributed by atoms with E-state index < -0.39 is 72.5 Å². The minimum atomic E-state index is -5.80. The van der Waals surface area contributed by atoms with Crippen LogP contribution in [0.1, 0.15) is 64.7 Å². The molecule has 1 unspecified atom stereocenters. The maximum Gasteiger partial charge on any atom is 0.437 e. The molecule has 4 N–H and O–H groups in total. The number of alkyl halides is 6. The molecule has 250 valence electrons. The number of aliphatic imine (C=N–C) groups is 1. The van der Waals surface area contributed by atoms with Crippen molar-refractivity contribution >= 4 is 24.1 Å². The van der Waals surface area contributed by atoms with Crippen LogP contribution in [0.4, 0.5) is 35.9 Å². The van der Waals surface area contributed by atoms with Crippen LogP contribution in [0.15, 0.2) is 29.5 Å². The number of carbonyl (C=O) groups is 3. The molecule has 0 spiro atoms. The summed E-state index contributed by atoms with van der Waals surface area (Å²) in [5, 5.41) is 17.7. The molecule has 0 bridgehead atoms. The number of pyridine rings is 1. The quantitative estimate of drug-likeness (QED) is 0.126. The van der Waals surface area contributed by atoms with Crippen LogP contribution < -0.4 is 16.0 Å². The third kappa shape index (κ3) is 15.7. The number of aromatic nitrogens is 1. The second kappa shape index (κ2) is 15.9. The summed E-state index contributed by atoms with van der Waals surface area (Å²) >= 11 is 0. The molecule has 1 aromatic heterocycles. The van der Waals surface area contributed by atoms with Gasteiger partial charge in [0, 0.05) is 18.9 Å². The zero-order chi connectivity index (χ0) is 33.9. The summed E-state index contributed by atoms with van der Waals surface area (Å²) in [5.41, 5.74) is -1.83. The van der Waals surface area contributed by atoms with Gasteiger partial charge in [0.05, 0.1) is 24.3 Å². The number of hydrogen-bond donors (Lipinski definition) is 4. The van der Waals surface area contributed by atoms with Crippen LogP contribution in [0, 0.1) is 0 Å². The number of alkyl carbamates (subject to hydrolysis) is 1. The Morgan fingerprint density at radius 3 is 2.07 bits per heavy atom. The van der Waals surface area contributed by atoms with E-state index in [-0.39, 0.29) is 24.9 Å². The normalized spacial score (nSPS) is 14.5. The number of guanidine groups is 1. The second-order valence-electron chi connectivity index (χ2n) is 11.3. The Kier molecular flexibility index (Phi) is 13.8. The minimum Gasteiger partial charge on any atom is -0.444 e. The Morgan fingerprint density at radius 1 is 0.977 bits per heavy atom. The highest BCUT2D eigenvalue weighted by Gasteiger charge is 2.58. The molecule has 1 aromatic rings. The number of halogens is 6. The van der Waals surface area contributed by atoms with Crippen LogP contribution in [0.2, 0.25) is 0 Å². The first kappa shape index (κ1) is 38.4. The number of rotatable bonds is 10. The number of nitrogens with zero attached hydrogens (tertiary/aromatic N) is 2. The molecule has 1 heterocycles. The molecule has 44 heavy (non-hydrogen) atoms. The summed E-state index contributed by atoms with van der Waals surface area (Å²) in [7, 11) is 0. The van der Waals surface area contributed by atoms with Crippen molar-refractivity contribution in [2.24, 2.45) is 4.99 Å². The number of aliphatic hydroxyl groups is 1. The number of amides is 3. The molecule has 1 rings (SSSR count). The SMILES string of the molecule is CC(C)(C)OC(=O)/N=C(/NCCC[C@H](NC(=O)c1cccnc1)C(O)COC(C(F)(F)F)C(F)(F)F)NC(=O)OC(C)(C)C. The smallest absolute Gasteiger partial charge is 0.437 e. The van der Waals surface area contributed by atoms with Gasteiger partial charge in [-0.25, -0.2) is 9.59 Å². The van der Waals surface area contributed by atoms with Crippen molar-refractivity contribution in [3.63, 3.8) is 0 Å². The van der Waals surface area contributed by atoms with E-state index in [0.717, 1.165) is 6.20 Å². The summed E-state index contributed by atoms with van der Waals surface area (Å²) in [6.45, 7) is 7.95. The molecule has 0 saturated heterocycles. The Hall–Kier alpha value is -3.67. The highest BCUT2D eigenvalue weighted by atomic mass is 19.4. The topological polar surface area (TPSA) is 160 Å². The van der Waals surface area contributed by atoms with Crippen molar-refractivity contribution in [1.29, 1.82) is 0 Å². The average Bonchev–Trinajstić information content (AvgIpc) is 2.82. The van der Waals surface area contributed by atoms with E-state index >= 15 is 0 Å². The van der Waals surface area contributed by atoms with Gasteiger partial charge in [0.25, 0.3) is 5.91 Å². The third-order valence-electron chi connectivity index (χ3n) is 4.93. The van der Waals surface area contributed by atoms with Gasteiger partial charge in [-0.2, -0.15) is 26.3 Å². The number of carbonyl (C=O) groups excluding carboxylic acids is 3. The van der Waals surface area contributed by atoms with Gasteiger partial charge >= 0.3 is 24.5 Å². The highest BCUT2D eigenvalue weighted by molar-refractivity contribution is 5.98. The van der Waals surface area contributed by atoms with Crippen LogP contribution in [0.3, 0.4) is 0 Å². The Labute approximate surface area is 249 Å². The highest BCUT2D eigenvalue weighted by Crippen LogP contribution is 2.35. The number of hydrogen-bond acceptors (Lipinski definition) is 8. The van der Waals surface area contributed by atoms with E-state index in [1.807, 2.05) is 0 Å². The van der Waals surface area contributed by atoms with Crippen LogP contribution in [-0.2, 0) is 14.2 Å². The lowest BCUT2D eigenvalue weighted by Crippen LogP contribution is -2.50. The minimum absolute atomic E-state index is 0.000504. The van der Waals surface area contributed by atoms with Gasteiger partial charge in [-0.1, -0.05) is 0 Å². The van der Waals surface area contributed by atoms with E-state index in [0.29, 0.717) is 0 Å². The first-order valence-corrected chi connectivity index (χ1v) is 13.2. The molecule has 0 aliphatic carbocycles. The Balaban J connectivity index is 3.04. The summed E-state index contributed by atoms with van der Waals surface area (Å²) in [4.78, 5) is 44.4. The molecular weight excluding hydrogens is 608 g/mol. The van der Waals surface area contributed by atoms with Crippen molar-refractivity contribution in [2.45, 2.75) is 96.2 Å². The van der Waals surface area contributed by atoms with Gasteiger partial charge in [-0.15, -0.1) is 4.99 Å². The van der Waals surface area contributed by atoms with Crippen molar-refractivity contribution in [2.75, 3.05) is 13.2 Å². The Bertz CT molecular complexity index is 1110. The monoisotopic (exact) mass is 645 g/mol. The summed E-state index contributed by atoms with van der Waals surface area (Å²) < 4.78 is 91.6. The van der Waals surface area contributed by atoms with Gasteiger partial charge in [-0.05, 0) is 66.5 Å². The van der Waals surface area contributed by atoms with Crippen molar-refractivity contribution < 1.29 is 60.0 Å². The largest absolute Gasteiger partial charge is 0.444 e. The molecule has 2 atom stereocenters. The molecule has 0 aliphatic rings. The van der Waals surface area contributed by atoms with E-state index in [1.54, 1.807) is 41.5 Å². The standard InChI is InChI=1S/C26H37F6N5O7/c1-23(2,3)43-21(40)36-20(37-22(41)44-24(4,5)6)34-12-8-10-16(35-18(39)15-9-7-11-33-13-15)17(38)14-42-19(25(27,28)29)26(30,31)32/h7,9,11,13,16-17,19,38H,8,10,12,14H2,1-6H3,(H,35,39)(H2,34,36,37,40,41)/t16-,17?/m0/s1. The lowest BCUT2D eigenvalue weighted by atomic mass is 10.0. The molecule has 0 fully saturated rings. The molecule has 0 aromatic carbocycles. The predicted molar refractivity (Wildman–Crippen MR) is 144 cm³/mol. The Morgan fingerprint density at radius 2 is 1.57 bits per heavy atom. The fourth-order valence-corrected chi connectivity index (χ4v) is 3.21. The molecule has 18 heteroatoms. The zero-order valence-electron chi connectivity index (χ0n) is 24.9. The van der Waals surface area contributed by atoms with Crippen molar-refractivity contribution in [1.82, 2.24) is 20.9 Å². The average molecular weight is 646 g/mol. The third-order valence-corrected chi connectivity index (χ3v) is 4.93.